The Morgan fingerprint density at radius 2 is 1.76 bits per heavy atom. The molecule has 0 amide bonds. The summed E-state index contributed by atoms with van der Waals surface area (Å²) in [6.45, 7) is 11.3. The van der Waals surface area contributed by atoms with Crippen molar-refractivity contribution >= 4 is 11.6 Å². The molecule has 3 fully saturated rings. The van der Waals surface area contributed by atoms with Gasteiger partial charge in [-0.15, -0.1) is 0 Å². The predicted molar refractivity (Wildman–Crippen MR) is 100 cm³/mol. The van der Waals surface area contributed by atoms with E-state index < -0.39 is 0 Å². The number of Topliss-reactive ketones (excluding diaryl/α,β-unsaturated/α-hetero) is 1. The summed E-state index contributed by atoms with van der Waals surface area (Å²) in [5, 5.41) is 0. The number of hydrogen-bond donors (Lipinski definition) is 0. The number of carbonyl (C=O) groups is 2. The van der Waals surface area contributed by atoms with Gasteiger partial charge in [-0.1, -0.05) is 33.3 Å². The van der Waals surface area contributed by atoms with Crippen molar-refractivity contribution in [2.24, 2.45) is 39.9 Å². The van der Waals surface area contributed by atoms with Crippen molar-refractivity contribution < 1.29 is 9.59 Å². The van der Waals surface area contributed by atoms with Crippen molar-refractivity contribution in [2.45, 2.75) is 79.6 Å². The maximum atomic E-state index is 12.6. The van der Waals surface area contributed by atoms with Gasteiger partial charge in [0, 0.05) is 12.3 Å². The number of carbonyl (C=O) groups excluding carboxylic acids is 2. The number of fused-ring (bicyclic) bond motifs is 5. The van der Waals surface area contributed by atoms with Gasteiger partial charge in [-0.25, -0.2) is 0 Å². The summed E-state index contributed by atoms with van der Waals surface area (Å²) in [5.74, 6) is 3.07. The maximum absolute atomic E-state index is 12.6. The summed E-state index contributed by atoms with van der Waals surface area (Å²) < 4.78 is 0. The van der Waals surface area contributed by atoms with Crippen LogP contribution < -0.4 is 0 Å². The lowest BCUT2D eigenvalue weighted by Crippen LogP contribution is -2.51. The van der Waals surface area contributed by atoms with Crippen molar-refractivity contribution in [1.82, 2.24) is 0 Å². The highest BCUT2D eigenvalue weighted by Crippen LogP contribution is 2.70. The van der Waals surface area contributed by atoms with E-state index in [1.165, 1.54) is 31.3 Å². The van der Waals surface area contributed by atoms with Crippen LogP contribution in [0.3, 0.4) is 0 Å². The van der Waals surface area contributed by atoms with E-state index in [0.29, 0.717) is 23.4 Å². The largest absolute Gasteiger partial charge is 0.300 e. The second kappa shape index (κ2) is 5.30. The molecule has 4 aliphatic carbocycles. The molecule has 0 aromatic carbocycles. The minimum absolute atomic E-state index is 0.125. The lowest BCUT2D eigenvalue weighted by atomic mass is 9.46. The first kappa shape index (κ1) is 17.5. The monoisotopic (exact) mass is 342 g/mol. The zero-order chi connectivity index (χ0) is 18.2. The van der Waals surface area contributed by atoms with Gasteiger partial charge in [0.15, 0.2) is 5.78 Å². The van der Waals surface area contributed by atoms with E-state index >= 15 is 0 Å². The molecule has 2 heteroatoms. The van der Waals surface area contributed by atoms with Crippen LogP contribution in [0.1, 0.15) is 79.6 Å². The van der Waals surface area contributed by atoms with E-state index in [1.807, 2.05) is 13.0 Å². The Kier molecular flexibility index (Phi) is 3.71. The smallest absolute Gasteiger partial charge is 0.155 e. The molecule has 0 spiro atoms. The van der Waals surface area contributed by atoms with Crippen LogP contribution in [-0.2, 0) is 9.59 Å². The Hall–Kier alpha value is -0.920. The van der Waals surface area contributed by atoms with Crippen LogP contribution in [0.5, 0.6) is 0 Å². The zero-order valence-corrected chi connectivity index (χ0v) is 16.7. The summed E-state index contributed by atoms with van der Waals surface area (Å²) in [7, 11) is 0. The quantitative estimate of drug-likeness (QED) is 0.643. The van der Waals surface area contributed by atoms with E-state index in [9.17, 15) is 9.59 Å². The molecule has 6 atom stereocenters. The molecule has 0 aromatic rings. The number of ketones is 2. The third-order valence-electron chi connectivity index (χ3n) is 8.99. The normalized spacial score (nSPS) is 48.2. The molecule has 0 bridgehead atoms. The lowest BCUT2D eigenvalue weighted by Gasteiger charge is -2.58. The van der Waals surface area contributed by atoms with Crippen LogP contribution in [0.15, 0.2) is 11.6 Å². The molecule has 25 heavy (non-hydrogen) atoms. The number of rotatable bonds is 1. The molecule has 138 valence electrons. The summed E-state index contributed by atoms with van der Waals surface area (Å²) in [6, 6.07) is 0. The summed E-state index contributed by atoms with van der Waals surface area (Å²) in [5.41, 5.74) is 1.98. The van der Waals surface area contributed by atoms with Crippen LogP contribution in [0.4, 0.5) is 0 Å². The minimum atomic E-state index is 0.125. The maximum Gasteiger partial charge on any atom is 0.155 e. The molecule has 4 rings (SSSR count). The fourth-order valence-electron chi connectivity index (χ4n) is 8.24. The Morgan fingerprint density at radius 3 is 2.44 bits per heavy atom. The minimum Gasteiger partial charge on any atom is -0.300 e. The van der Waals surface area contributed by atoms with Gasteiger partial charge in [0.1, 0.15) is 5.78 Å². The van der Waals surface area contributed by atoms with Crippen LogP contribution in [0.2, 0.25) is 0 Å². The number of hydrogen-bond acceptors (Lipinski definition) is 2. The summed E-state index contributed by atoms with van der Waals surface area (Å²) in [6.07, 6.45) is 9.70. The van der Waals surface area contributed by atoms with E-state index in [4.69, 9.17) is 0 Å². The SMILES string of the molecule is CC(=O)[C@H]1C(C)(C)C[C@H]2[C@@H]3CCC4=CC(=O)CC[C@]4(C)[C@H]3CC[C@@]21C. The number of allylic oxidation sites excluding steroid dienone is 1. The van der Waals surface area contributed by atoms with Crippen LogP contribution in [0.25, 0.3) is 0 Å². The van der Waals surface area contributed by atoms with E-state index in [1.54, 1.807) is 0 Å². The van der Waals surface area contributed by atoms with E-state index in [0.717, 1.165) is 25.2 Å². The predicted octanol–water partition coefficient (Wildman–Crippen LogP) is 5.36. The molecular weight excluding hydrogens is 308 g/mol. The highest BCUT2D eigenvalue weighted by molar-refractivity contribution is 5.91. The molecule has 0 heterocycles. The molecule has 0 unspecified atom stereocenters. The highest BCUT2D eigenvalue weighted by atomic mass is 16.1. The van der Waals surface area contributed by atoms with Gasteiger partial charge in [-0.3, -0.25) is 9.59 Å². The molecule has 0 aliphatic heterocycles. The Morgan fingerprint density at radius 1 is 1.04 bits per heavy atom. The standard InChI is InChI=1S/C23H34O2/c1-14(24)20-21(2,3)13-19-17-7-6-15-12-16(25)8-10-22(15,4)18(17)9-11-23(19,20)5/h12,17-20H,6-11,13H2,1-5H3/t17-,18+,19+,20+,22+,23+/m1/s1. The second-order valence-electron chi connectivity index (χ2n) is 10.7. The molecule has 0 radical (unpaired) electrons. The third-order valence-corrected chi connectivity index (χ3v) is 8.99. The second-order valence-corrected chi connectivity index (χ2v) is 10.7. The first-order chi connectivity index (χ1) is 11.6. The van der Waals surface area contributed by atoms with E-state index in [2.05, 4.69) is 27.7 Å². The molecule has 4 aliphatic rings. The van der Waals surface area contributed by atoms with Crippen molar-refractivity contribution in [2.75, 3.05) is 0 Å². The fraction of sp³-hybridized carbons (Fsp3) is 0.826. The highest BCUT2D eigenvalue weighted by Gasteiger charge is 2.64. The zero-order valence-electron chi connectivity index (χ0n) is 16.7. The van der Waals surface area contributed by atoms with E-state index in [-0.39, 0.29) is 22.2 Å². The molecule has 0 saturated heterocycles. The van der Waals surface area contributed by atoms with Crippen molar-refractivity contribution in [1.29, 1.82) is 0 Å². The molecule has 0 N–H and O–H groups in total. The Labute approximate surface area is 152 Å². The molecule has 0 aromatic heterocycles. The molecule has 2 nitrogen and oxygen atoms in total. The van der Waals surface area contributed by atoms with Gasteiger partial charge in [0.2, 0.25) is 0 Å². The van der Waals surface area contributed by atoms with Crippen molar-refractivity contribution in [3.8, 4) is 0 Å². The summed E-state index contributed by atoms with van der Waals surface area (Å²) in [4.78, 5) is 24.5. The topological polar surface area (TPSA) is 34.1 Å². The molecular formula is C23H34O2. The van der Waals surface area contributed by atoms with Gasteiger partial charge in [-0.2, -0.15) is 0 Å². The molecule has 3 saturated carbocycles. The fourth-order valence-corrected chi connectivity index (χ4v) is 8.24. The lowest BCUT2D eigenvalue weighted by molar-refractivity contribution is -0.131. The third kappa shape index (κ3) is 2.28. The van der Waals surface area contributed by atoms with Gasteiger partial charge < -0.3 is 0 Å². The Bertz CT molecular complexity index is 657. The first-order valence-corrected chi connectivity index (χ1v) is 10.3. The van der Waals surface area contributed by atoms with Crippen LogP contribution in [0, 0.1) is 39.9 Å². The summed E-state index contributed by atoms with van der Waals surface area (Å²) >= 11 is 0. The van der Waals surface area contributed by atoms with Crippen molar-refractivity contribution in [3.05, 3.63) is 11.6 Å². The first-order valence-electron chi connectivity index (χ1n) is 10.3. The van der Waals surface area contributed by atoms with Crippen molar-refractivity contribution in [3.63, 3.8) is 0 Å². The van der Waals surface area contributed by atoms with Gasteiger partial charge in [0.25, 0.3) is 0 Å². The van der Waals surface area contributed by atoms with Gasteiger partial charge in [0.05, 0.1) is 0 Å². The Balaban J connectivity index is 1.72. The average Bonchev–Trinajstić information content (AvgIpc) is 2.73. The van der Waals surface area contributed by atoms with Crippen LogP contribution >= 0.6 is 0 Å². The van der Waals surface area contributed by atoms with Gasteiger partial charge >= 0.3 is 0 Å². The van der Waals surface area contributed by atoms with Crippen LogP contribution in [-0.4, -0.2) is 11.6 Å². The van der Waals surface area contributed by atoms with Gasteiger partial charge in [-0.05, 0) is 85.5 Å². The average molecular weight is 343 g/mol.